The minimum atomic E-state index is -0.116. The van der Waals surface area contributed by atoms with Crippen molar-refractivity contribution in [3.63, 3.8) is 0 Å². The van der Waals surface area contributed by atoms with Crippen molar-refractivity contribution in [1.82, 2.24) is 4.98 Å². The number of rotatable bonds is 0. The molecule has 0 radical (unpaired) electrons. The van der Waals surface area contributed by atoms with Gasteiger partial charge in [-0.2, -0.15) is 0 Å². The van der Waals surface area contributed by atoms with Gasteiger partial charge in [0.2, 0.25) is 0 Å². The Morgan fingerprint density at radius 2 is 2.00 bits per heavy atom. The Morgan fingerprint density at radius 3 is 2.90 bits per heavy atom. The number of ether oxygens (including phenoxy) is 1. The van der Waals surface area contributed by atoms with E-state index in [2.05, 4.69) is 10.3 Å². The molecule has 0 atom stereocenters. The first-order valence-corrected chi connectivity index (χ1v) is 6.49. The summed E-state index contributed by atoms with van der Waals surface area (Å²) in [5.74, 6) is 0.518. The van der Waals surface area contributed by atoms with Crippen LogP contribution in [-0.4, -0.2) is 10.9 Å². The summed E-state index contributed by atoms with van der Waals surface area (Å²) in [6, 6.07) is 11.6. The molecule has 0 bridgehead atoms. The lowest BCUT2D eigenvalue weighted by molar-refractivity contribution is -0.110. The summed E-state index contributed by atoms with van der Waals surface area (Å²) in [6.07, 6.45) is 0. The van der Waals surface area contributed by atoms with E-state index in [1.807, 2.05) is 43.3 Å². The van der Waals surface area contributed by atoms with E-state index in [4.69, 9.17) is 4.74 Å². The number of benzene rings is 1. The quantitative estimate of drug-likeness (QED) is 0.744. The summed E-state index contributed by atoms with van der Waals surface area (Å²) < 4.78 is 5.75. The minimum Gasteiger partial charge on any atom is -0.486 e. The molecule has 4 heteroatoms. The summed E-state index contributed by atoms with van der Waals surface area (Å²) in [5, 5.41) is 2.87. The van der Waals surface area contributed by atoms with E-state index in [1.54, 1.807) is 0 Å². The molecule has 2 aliphatic rings. The molecular formula is C16H12N2O2. The zero-order valence-corrected chi connectivity index (χ0v) is 10.9. The summed E-state index contributed by atoms with van der Waals surface area (Å²) in [6.45, 7) is 2.37. The number of nitrogens with one attached hydrogen (secondary N) is 1. The van der Waals surface area contributed by atoms with Crippen LogP contribution in [0, 0.1) is 6.92 Å². The molecule has 0 fully saturated rings. The molecule has 0 spiro atoms. The molecule has 2 aromatic rings. The Bertz CT molecular complexity index is 778. The molecule has 4 rings (SSSR count). The van der Waals surface area contributed by atoms with Crippen molar-refractivity contribution in [2.45, 2.75) is 13.5 Å². The van der Waals surface area contributed by atoms with Gasteiger partial charge in [-0.3, -0.25) is 9.78 Å². The van der Waals surface area contributed by atoms with E-state index in [0.29, 0.717) is 17.9 Å². The van der Waals surface area contributed by atoms with Crippen LogP contribution in [0.2, 0.25) is 0 Å². The summed E-state index contributed by atoms with van der Waals surface area (Å²) in [7, 11) is 0. The van der Waals surface area contributed by atoms with E-state index in [1.165, 1.54) is 0 Å². The van der Waals surface area contributed by atoms with Gasteiger partial charge in [-0.25, -0.2) is 0 Å². The molecule has 3 heterocycles. The highest BCUT2D eigenvalue weighted by molar-refractivity contribution is 6.36. The number of aryl methyl sites for hydroxylation is 1. The molecular weight excluding hydrogens is 252 g/mol. The first-order valence-electron chi connectivity index (χ1n) is 6.49. The predicted octanol–water partition coefficient (Wildman–Crippen LogP) is 2.74. The number of fused-ring (bicyclic) bond motifs is 2. The monoisotopic (exact) mass is 264 g/mol. The average Bonchev–Trinajstić information content (AvgIpc) is 2.97. The van der Waals surface area contributed by atoms with Crippen LogP contribution in [0.15, 0.2) is 36.4 Å². The molecule has 0 aliphatic carbocycles. The van der Waals surface area contributed by atoms with Gasteiger partial charge >= 0.3 is 0 Å². The summed E-state index contributed by atoms with van der Waals surface area (Å²) in [5.41, 5.74) is 5.08. The molecule has 1 N–H and O–H groups in total. The van der Waals surface area contributed by atoms with Gasteiger partial charge in [0.15, 0.2) is 0 Å². The van der Waals surface area contributed by atoms with Gasteiger partial charge in [0.05, 0.1) is 11.3 Å². The number of anilines is 1. The lowest BCUT2D eigenvalue weighted by atomic mass is 10.0. The Morgan fingerprint density at radius 1 is 1.15 bits per heavy atom. The summed E-state index contributed by atoms with van der Waals surface area (Å²) >= 11 is 0. The number of carbonyl (C=O) groups is 1. The largest absolute Gasteiger partial charge is 0.486 e. The smallest absolute Gasteiger partial charge is 0.260 e. The zero-order valence-electron chi connectivity index (χ0n) is 10.9. The lowest BCUT2D eigenvalue weighted by Gasteiger charge is -2.04. The number of nitrogens with zero attached hydrogens (tertiary/aromatic N) is 1. The van der Waals surface area contributed by atoms with Gasteiger partial charge in [-0.1, -0.05) is 18.2 Å². The maximum atomic E-state index is 12.2. The molecule has 1 aromatic heterocycles. The van der Waals surface area contributed by atoms with Crippen LogP contribution in [0.1, 0.15) is 22.5 Å². The van der Waals surface area contributed by atoms with Gasteiger partial charge in [-0.05, 0) is 25.1 Å². The van der Waals surface area contributed by atoms with Crippen molar-refractivity contribution >= 4 is 22.9 Å². The molecule has 1 amide bonds. The minimum absolute atomic E-state index is 0.116. The van der Waals surface area contributed by atoms with Gasteiger partial charge < -0.3 is 10.1 Å². The van der Waals surface area contributed by atoms with Gasteiger partial charge in [-0.15, -0.1) is 0 Å². The fraction of sp³-hybridized carbons (Fsp3) is 0.125. The molecule has 2 aliphatic heterocycles. The summed E-state index contributed by atoms with van der Waals surface area (Å²) in [4.78, 5) is 16.7. The van der Waals surface area contributed by atoms with Crippen LogP contribution < -0.4 is 5.32 Å². The second kappa shape index (κ2) is 3.93. The van der Waals surface area contributed by atoms with E-state index >= 15 is 0 Å². The highest BCUT2D eigenvalue weighted by Gasteiger charge is 2.32. The van der Waals surface area contributed by atoms with E-state index in [-0.39, 0.29) is 5.91 Å². The van der Waals surface area contributed by atoms with Crippen molar-refractivity contribution in [3.05, 3.63) is 58.9 Å². The third-order valence-electron chi connectivity index (χ3n) is 3.61. The van der Waals surface area contributed by atoms with E-state index in [0.717, 1.165) is 28.2 Å². The van der Waals surface area contributed by atoms with E-state index < -0.39 is 0 Å². The third kappa shape index (κ3) is 1.48. The Balaban J connectivity index is 1.96. The first kappa shape index (κ1) is 11.2. The lowest BCUT2D eigenvalue weighted by Crippen LogP contribution is -2.05. The topological polar surface area (TPSA) is 51.2 Å². The van der Waals surface area contributed by atoms with Gasteiger partial charge in [0.25, 0.3) is 5.91 Å². The maximum Gasteiger partial charge on any atom is 0.260 e. The standard InChI is InChI=1S/C16H12N2O2/c1-9-6-7-11-13(17-9)8-20-15(11)14-10-4-2-3-5-12(10)18-16(14)19/h2-7H,8H2,1H3,(H,18,19)/b15-14+. The van der Waals surface area contributed by atoms with Crippen molar-refractivity contribution in [1.29, 1.82) is 0 Å². The molecule has 0 unspecified atom stereocenters. The third-order valence-corrected chi connectivity index (χ3v) is 3.61. The fourth-order valence-corrected chi connectivity index (χ4v) is 2.70. The molecule has 4 nitrogen and oxygen atoms in total. The number of pyridine rings is 1. The number of para-hydroxylation sites is 1. The molecule has 98 valence electrons. The first-order chi connectivity index (χ1) is 9.74. The second-order valence-electron chi connectivity index (χ2n) is 4.94. The van der Waals surface area contributed by atoms with Crippen LogP contribution in [0.5, 0.6) is 0 Å². The number of aromatic nitrogens is 1. The maximum absolute atomic E-state index is 12.2. The number of hydrogen-bond acceptors (Lipinski definition) is 3. The average molecular weight is 264 g/mol. The second-order valence-corrected chi connectivity index (χ2v) is 4.94. The predicted molar refractivity (Wildman–Crippen MR) is 75.6 cm³/mol. The fourth-order valence-electron chi connectivity index (χ4n) is 2.70. The Hall–Kier alpha value is -2.62. The Labute approximate surface area is 116 Å². The SMILES string of the molecule is Cc1ccc2c(n1)CO/C2=C1/C(=O)Nc2ccccc21. The van der Waals surface area contributed by atoms with Crippen LogP contribution >= 0.6 is 0 Å². The number of hydrogen-bond donors (Lipinski definition) is 1. The molecule has 20 heavy (non-hydrogen) atoms. The molecule has 0 saturated carbocycles. The van der Waals surface area contributed by atoms with Crippen LogP contribution in [-0.2, 0) is 16.1 Å². The van der Waals surface area contributed by atoms with Crippen molar-refractivity contribution in [2.24, 2.45) is 0 Å². The zero-order chi connectivity index (χ0) is 13.7. The van der Waals surface area contributed by atoms with Crippen LogP contribution in [0.3, 0.4) is 0 Å². The van der Waals surface area contributed by atoms with Crippen molar-refractivity contribution in [2.75, 3.05) is 5.32 Å². The van der Waals surface area contributed by atoms with Crippen LogP contribution in [0.4, 0.5) is 5.69 Å². The normalized spacial score (nSPS) is 19.4. The molecule has 0 saturated heterocycles. The highest BCUT2D eigenvalue weighted by Crippen LogP contribution is 2.40. The van der Waals surface area contributed by atoms with Gasteiger partial charge in [0.1, 0.15) is 12.4 Å². The van der Waals surface area contributed by atoms with Crippen LogP contribution in [0.25, 0.3) is 11.3 Å². The highest BCUT2D eigenvalue weighted by atomic mass is 16.5. The number of amides is 1. The van der Waals surface area contributed by atoms with Crippen molar-refractivity contribution in [3.8, 4) is 0 Å². The number of carbonyl (C=O) groups excluding carboxylic acids is 1. The Kier molecular flexibility index (Phi) is 2.21. The van der Waals surface area contributed by atoms with Gasteiger partial charge in [0, 0.05) is 22.5 Å². The van der Waals surface area contributed by atoms with E-state index in [9.17, 15) is 4.79 Å². The van der Waals surface area contributed by atoms with Crippen molar-refractivity contribution < 1.29 is 9.53 Å². The molecule has 1 aromatic carbocycles.